The smallest absolute Gasteiger partial charge is 0.255 e. The van der Waals surface area contributed by atoms with Crippen LogP contribution < -0.4 is 10.6 Å². The summed E-state index contributed by atoms with van der Waals surface area (Å²) < 4.78 is 19.2. The van der Waals surface area contributed by atoms with E-state index in [9.17, 15) is 14.0 Å². The van der Waals surface area contributed by atoms with Gasteiger partial charge in [-0.3, -0.25) is 9.59 Å². The van der Waals surface area contributed by atoms with Crippen molar-refractivity contribution in [2.75, 3.05) is 13.7 Å². The zero-order valence-electron chi connectivity index (χ0n) is 14.8. The monoisotopic (exact) mass is 382 g/mol. The van der Waals surface area contributed by atoms with Gasteiger partial charge in [0.2, 0.25) is 5.91 Å². The van der Waals surface area contributed by atoms with E-state index >= 15 is 0 Å². The molecule has 1 heterocycles. The van der Waals surface area contributed by atoms with Gasteiger partial charge in [-0.05, 0) is 50.2 Å². The van der Waals surface area contributed by atoms with Gasteiger partial charge in [-0.1, -0.05) is 17.7 Å². The largest absolute Gasteiger partial charge is 0.381 e. The summed E-state index contributed by atoms with van der Waals surface area (Å²) in [6.07, 6.45) is 4.49. The molecule has 1 saturated heterocycles. The van der Waals surface area contributed by atoms with Crippen LogP contribution in [0.1, 0.15) is 42.5 Å². The van der Waals surface area contributed by atoms with Crippen molar-refractivity contribution in [3.05, 3.63) is 34.6 Å². The van der Waals surface area contributed by atoms with E-state index in [4.69, 9.17) is 16.3 Å². The summed E-state index contributed by atoms with van der Waals surface area (Å²) in [6, 6.07) is 4.32. The summed E-state index contributed by atoms with van der Waals surface area (Å²) in [6.45, 7) is 0.305. The van der Waals surface area contributed by atoms with Crippen LogP contribution in [-0.4, -0.2) is 37.6 Å². The van der Waals surface area contributed by atoms with Crippen LogP contribution in [0.5, 0.6) is 0 Å². The van der Waals surface area contributed by atoms with Gasteiger partial charge in [0.15, 0.2) is 0 Å². The molecular weight excluding hydrogens is 359 g/mol. The zero-order chi connectivity index (χ0) is 18.7. The van der Waals surface area contributed by atoms with Gasteiger partial charge >= 0.3 is 0 Å². The summed E-state index contributed by atoms with van der Waals surface area (Å²) in [7, 11) is 1.71. The number of hydrogen-bond acceptors (Lipinski definition) is 3. The molecule has 0 aromatic heterocycles. The van der Waals surface area contributed by atoms with Crippen LogP contribution in [0, 0.1) is 17.7 Å². The standard InChI is InChI=1S/C19H24ClFN2O3/c1-26-13-6-5-11-9-12(18(24)23-16(11)10-13)7-8-22-19(25)17-14(20)3-2-4-15(17)21/h2-4,11-13,16H,5-10H2,1H3,(H,22,25)(H,23,24). The van der Waals surface area contributed by atoms with Crippen molar-refractivity contribution in [3.8, 4) is 0 Å². The highest BCUT2D eigenvalue weighted by atomic mass is 35.5. The van der Waals surface area contributed by atoms with E-state index in [1.165, 1.54) is 18.2 Å². The fourth-order valence-electron chi connectivity index (χ4n) is 4.05. The lowest BCUT2D eigenvalue weighted by Gasteiger charge is -2.41. The Bertz CT molecular complexity index is 664. The second-order valence-corrected chi connectivity index (χ2v) is 7.53. The molecule has 0 bridgehead atoms. The van der Waals surface area contributed by atoms with Crippen LogP contribution in [0.3, 0.4) is 0 Å². The van der Waals surface area contributed by atoms with Crippen molar-refractivity contribution in [2.24, 2.45) is 11.8 Å². The minimum absolute atomic E-state index is 0.0289. The van der Waals surface area contributed by atoms with E-state index in [1.807, 2.05) is 0 Å². The highest BCUT2D eigenvalue weighted by molar-refractivity contribution is 6.33. The Morgan fingerprint density at radius 1 is 1.38 bits per heavy atom. The first-order valence-electron chi connectivity index (χ1n) is 9.05. The molecule has 5 nitrogen and oxygen atoms in total. The first-order chi connectivity index (χ1) is 12.5. The fraction of sp³-hybridized carbons (Fsp3) is 0.579. The maximum atomic E-state index is 13.8. The van der Waals surface area contributed by atoms with E-state index < -0.39 is 11.7 Å². The fourth-order valence-corrected chi connectivity index (χ4v) is 4.30. The zero-order valence-corrected chi connectivity index (χ0v) is 15.5. The third kappa shape index (κ3) is 4.18. The third-order valence-electron chi connectivity index (χ3n) is 5.53. The van der Waals surface area contributed by atoms with Gasteiger partial charge in [-0.2, -0.15) is 0 Å². The molecule has 0 radical (unpaired) electrons. The molecule has 4 atom stereocenters. The number of amides is 2. The van der Waals surface area contributed by atoms with Gasteiger partial charge in [0.25, 0.3) is 5.91 Å². The topological polar surface area (TPSA) is 67.4 Å². The minimum Gasteiger partial charge on any atom is -0.381 e. The Morgan fingerprint density at radius 2 is 2.19 bits per heavy atom. The molecule has 7 heteroatoms. The lowest BCUT2D eigenvalue weighted by molar-refractivity contribution is -0.131. The molecule has 2 amide bonds. The van der Waals surface area contributed by atoms with E-state index in [0.29, 0.717) is 18.9 Å². The number of benzene rings is 1. The minimum atomic E-state index is -0.650. The molecule has 0 spiro atoms. The highest BCUT2D eigenvalue weighted by Crippen LogP contribution is 2.35. The molecule has 3 rings (SSSR count). The highest BCUT2D eigenvalue weighted by Gasteiger charge is 2.39. The number of piperidine rings is 1. The maximum absolute atomic E-state index is 13.8. The summed E-state index contributed by atoms with van der Waals surface area (Å²) in [5.74, 6) is -0.848. The van der Waals surface area contributed by atoms with Gasteiger partial charge in [0, 0.05) is 25.6 Å². The Balaban J connectivity index is 1.51. The Hall–Kier alpha value is -1.66. The average Bonchev–Trinajstić information content (AvgIpc) is 2.61. The van der Waals surface area contributed by atoms with Crippen molar-refractivity contribution in [1.29, 1.82) is 0 Å². The van der Waals surface area contributed by atoms with Crippen molar-refractivity contribution in [2.45, 2.75) is 44.2 Å². The van der Waals surface area contributed by atoms with Crippen molar-refractivity contribution >= 4 is 23.4 Å². The summed E-state index contributed by atoms with van der Waals surface area (Å²) in [4.78, 5) is 24.5. The van der Waals surface area contributed by atoms with Gasteiger partial charge in [-0.25, -0.2) is 4.39 Å². The average molecular weight is 383 g/mol. The molecule has 4 unspecified atom stereocenters. The molecule has 142 valence electrons. The number of carbonyl (C=O) groups is 2. The third-order valence-corrected chi connectivity index (χ3v) is 5.85. The predicted octanol–water partition coefficient (Wildman–Crippen LogP) is 2.92. The quantitative estimate of drug-likeness (QED) is 0.822. The number of methoxy groups -OCH3 is 1. The number of nitrogens with one attached hydrogen (secondary N) is 2. The molecule has 26 heavy (non-hydrogen) atoms. The van der Waals surface area contributed by atoms with Crippen LogP contribution in [0.25, 0.3) is 0 Å². The first-order valence-corrected chi connectivity index (χ1v) is 9.42. The van der Waals surface area contributed by atoms with Crippen LogP contribution in [-0.2, 0) is 9.53 Å². The van der Waals surface area contributed by atoms with Crippen molar-refractivity contribution < 1.29 is 18.7 Å². The number of halogens is 2. The van der Waals surface area contributed by atoms with Crippen molar-refractivity contribution in [3.63, 3.8) is 0 Å². The van der Waals surface area contributed by atoms with Crippen LogP contribution in [0.4, 0.5) is 4.39 Å². The number of carbonyl (C=O) groups excluding carboxylic acids is 2. The lowest BCUT2D eigenvalue weighted by atomic mass is 9.74. The summed E-state index contributed by atoms with van der Waals surface area (Å²) in [5.41, 5.74) is -0.153. The van der Waals surface area contributed by atoms with Crippen molar-refractivity contribution in [1.82, 2.24) is 10.6 Å². The SMILES string of the molecule is COC1CCC2CC(CCNC(=O)c3c(F)cccc3Cl)C(=O)NC2C1. The first kappa shape index (κ1) is 19.1. The van der Waals surface area contributed by atoms with Crippen LogP contribution in [0.2, 0.25) is 5.02 Å². The molecule has 1 saturated carbocycles. The number of fused-ring (bicyclic) bond motifs is 1. The number of hydrogen-bond donors (Lipinski definition) is 2. The van der Waals surface area contributed by atoms with Crippen LogP contribution >= 0.6 is 11.6 Å². The molecule has 1 aliphatic carbocycles. The van der Waals surface area contributed by atoms with E-state index in [1.54, 1.807) is 7.11 Å². The molecule has 2 aliphatic rings. The van der Waals surface area contributed by atoms with Gasteiger partial charge in [-0.15, -0.1) is 0 Å². The van der Waals surface area contributed by atoms with Gasteiger partial charge < -0.3 is 15.4 Å². The van der Waals surface area contributed by atoms with E-state index in [2.05, 4.69) is 10.6 Å². The predicted molar refractivity (Wildman–Crippen MR) is 96.5 cm³/mol. The lowest BCUT2D eigenvalue weighted by Crippen LogP contribution is -2.53. The molecule has 2 fully saturated rings. The van der Waals surface area contributed by atoms with Crippen LogP contribution in [0.15, 0.2) is 18.2 Å². The molecule has 1 aliphatic heterocycles. The molecule has 1 aromatic carbocycles. The summed E-state index contributed by atoms with van der Waals surface area (Å²) in [5, 5.41) is 5.86. The second-order valence-electron chi connectivity index (χ2n) is 7.12. The van der Waals surface area contributed by atoms with E-state index in [-0.39, 0.29) is 34.6 Å². The normalized spacial score (nSPS) is 28.2. The molecular formula is C19H24ClFN2O3. The Morgan fingerprint density at radius 3 is 2.92 bits per heavy atom. The Kier molecular flexibility index (Phi) is 6.14. The molecule has 2 N–H and O–H groups in total. The van der Waals surface area contributed by atoms with E-state index in [0.717, 1.165) is 25.7 Å². The summed E-state index contributed by atoms with van der Waals surface area (Å²) >= 11 is 5.90. The number of rotatable bonds is 5. The van der Waals surface area contributed by atoms with Gasteiger partial charge in [0.1, 0.15) is 5.82 Å². The van der Waals surface area contributed by atoms with Gasteiger partial charge in [0.05, 0.1) is 16.7 Å². The second kappa shape index (κ2) is 8.35. The maximum Gasteiger partial charge on any atom is 0.255 e. The Labute approximate surface area is 157 Å². The number of ether oxygens (including phenoxy) is 1. The molecule has 1 aromatic rings.